The number of carbonyl (C=O) groups excluding carboxylic acids is 2. The number of benzene rings is 1. The van der Waals surface area contributed by atoms with Crippen LogP contribution in [0.2, 0.25) is 0 Å². The Kier molecular flexibility index (Phi) is 3.87. The van der Waals surface area contributed by atoms with Gasteiger partial charge in [-0.3, -0.25) is 9.59 Å². The molecule has 1 aliphatic rings. The number of piperazine rings is 1. The fraction of sp³-hybridized carbons (Fsp3) is 0.385. The first-order valence-corrected chi connectivity index (χ1v) is 6.26. The van der Waals surface area contributed by atoms with Crippen LogP contribution in [0.1, 0.15) is 17.3 Å². The Labute approximate surface area is 111 Å². The molecule has 0 aromatic heterocycles. The van der Waals surface area contributed by atoms with E-state index in [9.17, 15) is 9.59 Å². The van der Waals surface area contributed by atoms with Gasteiger partial charge in [-0.05, 0) is 35.9 Å². The third-order valence-electron chi connectivity index (χ3n) is 3.18. The van der Waals surface area contributed by atoms with Crippen molar-refractivity contribution in [2.75, 3.05) is 31.1 Å². The van der Waals surface area contributed by atoms with Gasteiger partial charge in [-0.1, -0.05) is 0 Å². The van der Waals surface area contributed by atoms with E-state index < -0.39 is 5.24 Å². The minimum atomic E-state index is -0.442. The molecule has 1 fully saturated rings. The van der Waals surface area contributed by atoms with Crippen LogP contribution in [0, 0.1) is 0 Å². The van der Waals surface area contributed by atoms with Gasteiger partial charge in [-0.25, -0.2) is 0 Å². The lowest BCUT2D eigenvalue weighted by atomic mass is 10.2. The summed E-state index contributed by atoms with van der Waals surface area (Å²) in [5.41, 5.74) is 1.56. The zero-order valence-corrected chi connectivity index (χ0v) is 11.0. The molecule has 1 amide bonds. The van der Waals surface area contributed by atoms with Crippen LogP contribution in [-0.2, 0) is 4.79 Å². The number of amides is 1. The highest BCUT2D eigenvalue weighted by Gasteiger charge is 2.18. The van der Waals surface area contributed by atoms with Crippen LogP contribution in [0.15, 0.2) is 24.3 Å². The van der Waals surface area contributed by atoms with E-state index in [0.29, 0.717) is 5.56 Å². The molecule has 5 heteroatoms. The van der Waals surface area contributed by atoms with Crippen molar-refractivity contribution in [2.24, 2.45) is 0 Å². The van der Waals surface area contributed by atoms with Crippen LogP contribution in [0.4, 0.5) is 5.69 Å². The van der Waals surface area contributed by atoms with Crippen molar-refractivity contribution in [3.05, 3.63) is 29.8 Å². The molecule has 0 bridgehead atoms. The summed E-state index contributed by atoms with van der Waals surface area (Å²) in [5.74, 6) is 0.123. The highest BCUT2D eigenvalue weighted by atomic mass is 35.5. The molecule has 0 saturated carbocycles. The summed E-state index contributed by atoms with van der Waals surface area (Å²) < 4.78 is 0. The molecular weight excluding hydrogens is 252 g/mol. The van der Waals surface area contributed by atoms with E-state index in [-0.39, 0.29) is 5.91 Å². The maximum atomic E-state index is 11.2. The summed E-state index contributed by atoms with van der Waals surface area (Å²) in [6.45, 7) is 4.70. The molecule has 1 saturated heterocycles. The van der Waals surface area contributed by atoms with E-state index in [2.05, 4.69) is 4.90 Å². The Balaban J connectivity index is 2.01. The fourth-order valence-corrected chi connectivity index (χ4v) is 2.21. The molecule has 0 spiro atoms. The molecule has 18 heavy (non-hydrogen) atoms. The average molecular weight is 267 g/mol. The second kappa shape index (κ2) is 5.40. The molecule has 96 valence electrons. The van der Waals surface area contributed by atoms with E-state index in [0.717, 1.165) is 31.9 Å². The van der Waals surface area contributed by atoms with Gasteiger partial charge in [0.2, 0.25) is 5.91 Å². The van der Waals surface area contributed by atoms with Crippen molar-refractivity contribution in [3.63, 3.8) is 0 Å². The minimum Gasteiger partial charge on any atom is -0.368 e. The van der Waals surface area contributed by atoms with Crippen molar-refractivity contribution in [1.29, 1.82) is 0 Å². The van der Waals surface area contributed by atoms with Crippen molar-refractivity contribution < 1.29 is 9.59 Å². The molecule has 0 atom stereocenters. The van der Waals surface area contributed by atoms with E-state index in [1.165, 1.54) is 0 Å². The average Bonchev–Trinajstić information content (AvgIpc) is 2.39. The summed E-state index contributed by atoms with van der Waals surface area (Å²) in [5, 5.41) is -0.442. The Morgan fingerprint density at radius 1 is 1.06 bits per heavy atom. The van der Waals surface area contributed by atoms with E-state index >= 15 is 0 Å². The van der Waals surface area contributed by atoms with Gasteiger partial charge in [0.1, 0.15) is 0 Å². The molecule has 0 N–H and O–H groups in total. The number of hydrogen-bond acceptors (Lipinski definition) is 3. The predicted molar refractivity (Wildman–Crippen MR) is 71.1 cm³/mol. The number of carbonyl (C=O) groups is 2. The second-order valence-corrected chi connectivity index (χ2v) is 4.66. The molecular formula is C13H15ClN2O2. The summed E-state index contributed by atoms with van der Waals surface area (Å²) in [7, 11) is 0. The van der Waals surface area contributed by atoms with Crippen LogP contribution in [0.3, 0.4) is 0 Å². The van der Waals surface area contributed by atoms with Crippen molar-refractivity contribution in [2.45, 2.75) is 6.92 Å². The van der Waals surface area contributed by atoms with Gasteiger partial charge in [0, 0.05) is 44.4 Å². The molecule has 0 aliphatic carbocycles. The standard InChI is InChI=1S/C13H15ClN2O2/c1-10(17)15-6-8-16(9-7-15)12-4-2-11(3-5-12)13(14)18/h2-5H,6-9H2,1H3. The predicted octanol–water partition coefficient (Wildman–Crippen LogP) is 1.73. The molecule has 1 aliphatic heterocycles. The number of hydrogen-bond donors (Lipinski definition) is 0. The first-order valence-electron chi connectivity index (χ1n) is 5.88. The van der Waals surface area contributed by atoms with Gasteiger partial charge < -0.3 is 9.80 Å². The van der Waals surface area contributed by atoms with E-state index in [1.54, 1.807) is 19.1 Å². The summed E-state index contributed by atoms with van der Waals surface area (Å²) >= 11 is 5.40. The summed E-state index contributed by atoms with van der Waals surface area (Å²) in [4.78, 5) is 26.2. The van der Waals surface area contributed by atoms with Crippen LogP contribution >= 0.6 is 11.6 Å². The summed E-state index contributed by atoms with van der Waals surface area (Å²) in [6, 6.07) is 7.22. The largest absolute Gasteiger partial charge is 0.368 e. The summed E-state index contributed by atoms with van der Waals surface area (Å²) in [6.07, 6.45) is 0. The van der Waals surface area contributed by atoms with E-state index in [4.69, 9.17) is 11.6 Å². The van der Waals surface area contributed by atoms with Gasteiger partial charge in [0.25, 0.3) is 5.24 Å². The van der Waals surface area contributed by atoms with Crippen LogP contribution in [-0.4, -0.2) is 42.2 Å². The monoisotopic (exact) mass is 266 g/mol. The molecule has 0 unspecified atom stereocenters. The normalized spacial score (nSPS) is 15.7. The van der Waals surface area contributed by atoms with Crippen molar-refractivity contribution in [3.8, 4) is 0 Å². The first kappa shape index (κ1) is 12.9. The van der Waals surface area contributed by atoms with Crippen LogP contribution in [0.25, 0.3) is 0 Å². The Morgan fingerprint density at radius 3 is 2.06 bits per heavy atom. The molecule has 1 aromatic rings. The van der Waals surface area contributed by atoms with Crippen LogP contribution in [0.5, 0.6) is 0 Å². The van der Waals surface area contributed by atoms with Gasteiger partial charge in [-0.15, -0.1) is 0 Å². The maximum Gasteiger partial charge on any atom is 0.252 e. The van der Waals surface area contributed by atoms with Gasteiger partial charge in [0.15, 0.2) is 0 Å². The number of nitrogens with zero attached hydrogens (tertiary/aromatic N) is 2. The second-order valence-electron chi connectivity index (χ2n) is 4.31. The highest BCUT2D eigenvalue weighted by molar-refractivity contribution is 6.67. The van der Waals surface area contributed by atoms with Gasteiger partial charge in [0.05, 0.1) is 0 Å². The zero-order chi connectivity index (χ0) is 13.1. The van der Waals surface area contributed by atoms with Gasteiger partial charge in [-0.2, -0.15) is 0 Å². The lowest BCUT2D eigenvalue weighted by Crippen LogP contribution is -2.48. The third-order valence-corrected chi connectivity index (χ3v) is 3.40. The minimum absolute atomic E-state index is 0.123. The molecule has 2 rings (SSSR count). The number of anilines is 1. The van der Waals surface area contributed by atoms with Crippen molar-refractivity contribution in [1.82, 2.24) is 4.90 Å². The quantitative estimate of drug-likeness (QED) is 0.766. The SMILES string of the molecule is CC(=O)N1CCN(c2ccc(C(=O)Cl)cc2)CC1. The Morgan fingerprint density at radius 2 is 1.61 bits per heavy atom. The van der Waals surface area contributed by atoms with E-state index in [1.807, 2.05) is 17.0 Å². The molecule has 1 heterocycles. The Hall–Kier alpha value is -1.55. The van der Waals surface area contributed by atoms with Crippen LogP contribution < -0.4 is 4.90 Å². The Bertz CT molecular complexity index is 451. The smallest absolute Gasteiger partial charge is 0.252 e. The highest BCUT2D eigenvalue weighted by Crippen LogP contribution is 2.18. The molecule has 1 aromatic carbocycles. The topological polar surface area (TPSA) is 40.6 Å². The third kappa shape index (κ3) is 2.82. The first-order chi connectivity index (χ1) is 8.58. The molecule has 0 radical (unpaired) electrons. The number of halogens is 1. The number of rotatable bonds is 2. The fourth-order valence-electron chi connectivity index (χ4n) is 2.08. The lowest BCUT2D eigenvalue weighted by Gasteiger charge is -2.35. The maximum absolute atomic E-state index is 11.2. The molecule has 4 nitrogen and oxygen atoms in total. The van der Waals surface area contributed by atoms with Gasteiger partial charge >= 0.3 is 0 Å². The van der Waals surface area contributed by atoms with Crippen molar-refractivity contribution >= 4 is 28.4 Å². The lowest BCUT2D eigenvalue weighted by molar-refractivity contribution is -0.129. The zero-order valence-electron chi connectivity index (χ0n) is 10.2.